The number of anilines is 2. The van der Waals surface area contributed by atoms with E-state index in [0.29, 0.717) is 0 Å². The maximum absolute atomic E-state index is 6.09. The lowest BCUT2D eigenvalue weighted by Gasteiger charge is -2.32. The lowest BCUT2D eigenvalue weighted by atomic mass is 10.2. The standard InChI is InChI=1S/C18H22N2O2/c19-16-9-6-10-17-18(16)20(12-14-22-17)11-4-5-13-21-15-7-2-1-3-8-15/h1-3,6-10H,4-5,11-14,19H2. The molecular formula is C18H22N2O2. The van der Waals surface area contributed by atoms with Gasteiger partial charge < -0.3 is 20.1 Å². The Hall–Kier alpha value is -2.36. The molecule has 2 aromatic rings. The van der Waals surface area contributed by atoms with Gasteiger partial charge >= 0.3 is 0 Å². The molecule has 1 aliphatic rings. The largest absolute Gasteiger partial charge is 0.494 e. The molecule has 0 spiro atoms. The van der Waals surface area contributed by atoms with Crippen molar-refractivity contribution in [2.45, 2.75) is 12.8 Å². The van der Waals surface area contributed by atoms with E-state index in [1.165, 1.54) is 0 Å². The summed E-state index contributed by atoms with van der Waals surface area (Å²) < 4.78 is 11.4. The number of nitrogens with zero attached hydrogens (tertiary/aromatic N) is 1. The molecule has 116 valence electrons. The lowest BCUT2D eigenvalue weighted by Crippen LogP contribution is -2.34. The molecule has 2 N–H and O–H groups in total. The molecule has 0 saturated carbocycles. The van der Waals surface area contributed by atoms with E-state index in [0.717, 1.165) is 62.0 Å². The molecule has 22 heavy (non-hydrogen) atoms. The number of nitrogen functional groups attached to an aromatic ring is 1. The summed E-state index contributed by atoms with van der Waals surface area (Å²) in [5, 5.41) is 0. The van der Waals surface area contributed by atoms with Gasteiger partial charge in [0.1, 0.15) is 23.8 Å². The first-order valence-electron chi connectivity index (χ1n) is 7.79. The van der Waals surface area contributed by atoms with Crippen molar-refractivity contribution in [1.82, 2.24) is 0 Å². The lowest BCUT2D eigenvalue weighted by molar-refractivity contribution is 0.297. The van der Waals surface area contributed by atoms with Crippen LogP contribution in [0.4, 0.5) is 11.4 Å². The first-order valence-corrected chi connectivity index (χ1v) is 7.79. The number of hydrogen-bond acceptors (Lipinski definition) is 4. The van der Waals surface area contributed by atoms with E-state index in [-0.39, 0.29) is 0 Å². The molecule has 0 atom stereocenters. The topological polar surface area (TPSA) is 47.7 Å². The van der Waals surface area contributed by atoms with Crippen molar-refractivity contribution >= 4 is 11.4 Å². The van der Waals surface area contributed by atoms with Crippen LogP contribution in [0.3, 0.4) is 0 Å². The first-order chi connectivity index (χ1) is 10.8. The summed E-state index contributed by atoms with van der Waals surface area (Å²) in [5.41, 5.74) is 7.92. The van der Waals surface area contributed by atoms with Crippen LogP contribution in [0, 0.1) is 0 Å². The van der Waals surface area contributed by atoms with Gasteiger partial charge in [0.05, 0.1) is 18.8 Å². The summed E-state index contributed by atoms with van der Waals surface area (Å²) in [4.78, 5) is 2.32. The second-order valence-corrected chi connectivity index (χ2v) is 5.40. The van der Waals surface area contributed by atoms with Gasteiger partial charge in [-0.05, 0) is 37.1 Å². The van der Waals surface area contributed by atoms with Gasteiger partial charge in [-0.2, -0.15) is 0 Å². The van der Waals surface area contributed by atoms with Crippen molar-refractivity contribution < 1.29 is 9.47 Å². The average molecular weight is 298 g/mol. The van der Waals surface area contributed by atoms with Crippen molar-refractivity contribution in [2.24, 2.45) is 0 Å². The van der Waals surface area contributed by atoms with Crippen molar-refractivity contribution in [3.8, 4) is 11.5 Å². The fourth-order valence-electron chi connectivity index (χ4n) is 2.71. The summed E-state index contributed by atoms with van der Waals surface area (Å²) in [6.07, 6.45) is 2.09. The van der Waals surface area contributed by atoms with Crippen LogP contribution in [0.5, 0.6) is 11.5 Å². The Bertz CT molecular complexity index is 601. The fourth-order valence-corrected chi connectivity index (χ4v) is 2.71. The zero-order valence-corrected chi connectivity index (χ0v) is 12.7. The monoisotopic (exact) mass is 298 g/mol. The van der Waals surface area contributed by atoms with Gasteiger partial charge in [0.15, 0.2) is 0 Å². The number of rotatable bonds is 6. The second-order valence-electron chi connectivity index (χ2n) is 5.40. The number of hydrogen-bond donors (Lipinski definition) is 1. The van der Waals surface area contributed by atoms with Crippen LogP contribution in [-0.2, 0) is 0 Å². The minimum absolute atomic E-state index is 0.719. The molecule has 0 amide bonds. The summed E-state index contributed by atoms with van der Waals surface area (Å²) in [7, 11) is 0. The predicted molar refractivity (Wildman–Crippen MR) is 89.7 cm³/mol. The summed E-state index contributed by atoms with van der Waals surface area (Å²) in [5.74, 6) is 1.83. The SMILES string of the molecule is Nc1cccc2c1N(CCCCOc1ccccc1)CCO2. The molecule has 0 saturated heterocycles. The van der Waals surface area contributed by atoms with E-state index in [2.05, 4.69) is 4.90 Å². The number of fused-ring (bicyclic) bond motifs is 1. The zero-order chi connectivity index (χ0) is 15.2. The molecule has 0 fully saturated rings. The Kier molecular flexibility index (Phi) is 4.68. The van der Waals surface area contributed by atoms with Crippen LogP contribution >= 0.6 is 0 Å². The van der Waals surface area contributed by atoms with Crippen LogP contribution in [0.2, 0.25) is 0 Å². The third-order valence-corrected chi connectivity index (χ3v) is 3.80. The number of unbranched alkanes of at least 4 members (excludes halogenated alkanes) is 1. The van der Waals surface area contributed by atoms with E-state index < -0.39 is 0 Å². The molecule has 4 heteroatoms. The summed E-state index contributed by atoms with van der Waals surface area (Å²) in [6.45, 7) is 3.33. The van der Waals surface area contributed by atoms with Crippen LogP contribution < -0.4 is 20.1 Å². The van der Waals surface area contributed by atoms with Crippen molar-refractivity contribution in [2.75, 3.05) is 36.9 Å². The molecule has 0 aliphatic carbocycles. The van der Waals surface area contributed by atoms with Crippen LogP contribution in [0.15, 0.2) is 48.5 Å². The molecular weight excluding hydrogens is 276 g/mol. The minimum atomic E-state index is 0.719. The third kappa shape index (κ3) is 3.45. The minimum Gasteiger partial charge on any atom is -0.494 e. The Morgan fingerprint density at radius 1 is 1.05 bits per heavy atom. The van der Waals surface area contributed by atoms with E-state index in [1.807, 2.05) is 48.5 Å². The van der Waals surface area contributed by atoms with Gasteiger partial charge in [0.25, 0.3) is 0 Å². The number of benzene rings is 2. The molecule has 4 nitrogen and oxygen atoms in total. The highest BCUT2D eigenvalue weighted by atomic mass is 16.5. The Labute approximate surface area is 131 Å². The number of nitrogens with two attached hydrogens (primary N) is 1. The van der Waals surface area contributed by atoms with Gasteiger partial charge in [0, 0.05) is 6.54 Å². The molecule has 0 unspecified atom stereocenters. The Morgan fingerprint density at radius 2 is 1.91 bits per heavy atom. The highest BCUT2D eigenvalue weighted by Crippen LogP contribution is 2.36. The van der Waals surface area contributed by atoms with Crippen LogP contribution in [0.1, 0.15) is 12.8 Å². The first kappa shape index (κ1) is 14.6. The van der Waals surface area contributed by atoms with E-state index in [1.54, 1.807) is 0 Å². The van der Waals surface area contributed by atoms with E-state index in [9.17, 15) is 0 Å². The van der Waals surface area contributed by atoms with Gasteiger partial charge in [-0.25, -0.2) is 0 Å². The smallest absolute Gasteiger partial charge is 0.144 e. The maximum atomic E-state index is 6.09. The quantitative estimate of drug-likeness (QED) is 0.656. The highest BCUT2D eigenvalue weighted by molar-refractivity contribution is 5.75. The predicted octanol–water partition coefficient (Wildman–Crippen LogP) is 3.33. The third-order valence-electron chi connectivity index (χ3n) is 3.80. The molecule has 1 heterocycles. The zero-order valence-electron chi connectivity index (χ0n) is 12.7. The second kappa shape index (κ2) is 7.07. The van der Waals surface area contributed by atoms with Crippen molar-refractivity contribution in [3.63, 3.8) is 0 Å². The molecule has 3 rings (SSSR count). The van der Waals surface area contributed by atoms with Gasteiger partial charge in [-0.15, -0.1) is 0 Å². The summed E-state index contributed by atoms with van der Waals surface area (Å²) in [6, 6.07) is 15.8. The van der Waals surface area contributed by atoms with Crippen molar-refractivity contribution in [1.29, 1.82) is 0 Å². The Balaban J connectivity index is 1.47. The van der Waals surface area contributed by atoms with E-state index in [4.69, 9.17) is 15.2 Å². The fraction of sp³-hybridized carbons (Fsp3) is 0.333. The average Bonchev–Trinajstić information content (AvgIpc) is 2.56. The van der Waals surface area contributed by atoms with E-state index >= 15 is 0 Å². The van der Waals surface area contributed by atoms with Crippen LogP contribution in [0.25, 0.3) is 0 Å². The number of para-hydroxylation sites is 2. The van der Waals surface area contributed by atoms with Crippen LogP contribution in [-0.4, -0.2) is 26.3 Å². The van der Waals surface area contributed by atoms with Gasteiger partial charge in [0.2, 0.25) is 0 Å². The molecule has 0 radical (unpaired) electrons. The molecule has 2 aromatic carbocycles. The molecule has 0 aromatic heterocycles. The normalized spacial score (nSPS) is 13.4. The molecule has 1 aliphatic heterocycles. The summed E-state index contributed by atoms with van der Waals surface area (Å²) >= 11 is 0. The Morgan fingerprint density at radius 3 is 2.77 bits per heavy atom. The number of ether oxygens (including phenoxy) is 2. The highest BCUT2D eigenvalue weighted by Gasteiger charge is 2.19. The van der Waals surface area contributed by atoms with Crippen molar-refractivity contribution in [3.05, 3.63) is 48.5 Å². The van der Waals surface area contributed by atoms with Gasteiger partial charge in [-0.1, -0.05) is 24.3 Å². The molecule has 0 bridgehead atoms. The maximum Gasteiger partial charge on any atom is 0.144 e. The van der Waals surface area contributed by atoms with Gasteiger partial charge in [-0.3, -0.25) is 0 Å².